The second-order valence-corrected chi connectivity index (χ2v) is 19.2. The van der Waals surface area contributed by atoms with Gasteiger partial charge in [0.1, 0.15) is 11.9 Å². The number of phenols is 1. The fourth-order valence-electron chi connectivity index (χ4n) is 7.99. The van der Waals surface area contributed by atoms with Crippen LogP contribution in [0.25, 0.3) is 0 Å². The van der Waals surface area contributed by atoms with Crippen LogP contribution in [0, 0.1) is 27.2 Å². The van der Waals surface area contributed by atoms with Crippen molar-refractivity contribution in [3.8, 4) is 5.75 Å². The molecular formula is C50H41BF24NiO+. The van der Waals surface area contributed by atoms with E-state index < -0.39 is 195 Å². The third kappa shape index (κ3) is 16.4. The number of alkyl halides is 24. The molecule has 0 saturated heterocycles. The number of halogens is 24. The zero-order valence-electron chi connectivity index (χ0n) is 40.5. The summed E-state index contributed by atoms with van der Waals surface area (Å²) in [6.45, 7) is 21.4. The van der Waals surface area contributed by atoms with Gasteiger partial charge in [-0.15, -0.1) is 0 Å². The van der Waals surface area contributed by atoms with Gasteiger partial charge in [-0.05, 0) is 73.4 Å². The standard InChI is InChI=1S/C32H12BF24.C15H24O.C3H5.Ni/c34-25(35,36)13-1-14(26(37,38)39)6-21(5-13)33(22-7-15(27(40,41)42)2-16(8-22)28(43,44)45,23-9-17(29(46,47)48)3-18(10-23)30(49,50)51)24-11-19(31(52,53)54)4-20(12-24)32(55,56)57;1-10-8-11(14(2,3)4)13(16)12(9-10)15(5,6)7;1-3-2;/h1-12H;8-9,16H,1-7H3;3H,1-2H2;/q-1;;;+2. The number of phenolic OH excluding ortho intramolecular Hbond substituents is 1. The van der Waals surface area contributed by atoms with E-state index in [1.54, 1.807) is 0 Å². The number of hydrogen-bond donors (Lipinski definition) is 1. The fourth-order valence-corrected chi connectivity index (χ4v) is 7.99. The summed E-state index contributed by atoms with van der Waals surface area (Å²) in [5.41, 5.74) is -26.9. The Kier molecular flexibility index (Phi) is 19.8. The molecule has 0 heterocycles. The van der Waals surface area contributed by atoms with Gasteiger partial charge in [0.25, 0.3) is 0 Å². The molecule has 5 aromatic carbocycles. The van der Waals surface area contributed by atoms with Crippen LogP contribution in [0.3, 0.4) is 0 Å². The summed E-state index contributed by atoms with van der Waals surface area (Å²) in [5, 5.41) is 10.4. The summed E-state index contributed by atoms with van der Waals surface area (Å²) in [5.74, 6) is 0.464. The van der Waals surface area contributed by atoms with Crippen molar-refractivity contribution in [2.24, 2.45) is 0 Å². The van der Waals surface area contributed by atoms with Crippen molar-refractivity contribution in [1.82, 2.24) is 0 Å². The molecule has 27 heteroatoms. The first-order chi connectivity index (χ1) is 33.7. The van der Waals surface area contributed by atoms with Crippen LogP contribution in [0.1, 0.15) is 103 Å². The number of aryl methyl sites for hydroxylation is 1. The van der Waals surface area contributed by atoms with Crippen LogP contribution in [0.2, 0.25) is 0 Å². The molecule has 0 aliphatic rings. The largest absolute Gasteiger partial charge is 2.00 e. The van der Waals surface area contributed by atoms with Gasteiger partial charge in [0.05, 0.1) is 44.5 Å². The van der Waals surface area contributed by atoms with Gasteiger partial charge in [-0.3, -0.25) is 0 Å². The van der Waals surface area contributed by atoms with Gasteiger partial charge in [-0.2, -0.15) is 127 Å². The Balaban J connectivity index is 0.000000855. The monoisotopic (exact) mass is 1180 g/mol. The van der Waals surface area contributed by atoms with Gasteiger partial charge in [0.2, 0.25) is 0 Å². The van der Waals surface area contributed by atoms with Gasteiger partial charge in [-0.1, -0.05) is 108 Å². The molecule has 0 amide bonds. The molecular weight excluding hydrogens is 1140 g/mol. The fraction of sp³-hybridized carbons (Fsp3) is 0.340. The van der Waals surface area contributed by atoms with E-state index in [9.17, 15) is 110 Å². The molecule has 0 saturated carbocycles. The quantitative estimate of drug-likeness (QED) is 0.140. The molecule has 5 rings (SSSR count). The van der Waals surface area contributed by atoms with Crippen molar-refractivity contribution in [3.63, 3.8) is 0 Å². The number of hydrogen-bond acceptors (Lipinski definition) is 1. The zero-order chi connectivity index (χ0) is 59.3. The van der Waals surface area contributed by atoms with Crippen LogP contribution in [0.15, 0.2) is 84.9 Å². The molecule has 77 heavy (non-hydrogen) atoms. The van der Waals surface area contributed by atoms with Gasteiger partial charge in [0.15, 0.2) is 0 Å². The van der Waals surface area contributed by atoms with Crippen molar-refractivity contribution in [2.75, 3.05) is 0 Å². The summed E-state index contributed by atoms with van der Waals surface area (Å²) in [7, 11) is 0. The minimum atomic E-state index is -6.13. The number of benzene rings is 5. The first-order valence-electron chi connectivity index (χ1n) is 21.3. The van der Waals surface area contributed by atoms with E-state index in [2.05, 4.69) is 74.4 Å². The van der Waals surface area contributed by atoms with Gasteiger partial charge >= 0.3 is 65.9 Å². The molecule has 0 bridgehead atoms. The molecule has 0 atom stereocenters. The first-order valence-corrected chi connectivity index (χ1v) is 21.3. The minimum Gasteiger partial charge on any atom is -0.507 e. The van der Waals surface area contributed by atoms with Crippen LogP contribution in [-0.2, 0) is 76.7 Å². The van der Waals surface area contributed by atoms with E-state index in [1.807, 2.05) is 0 Å². The van der Waals surface area contributed by atoms with E-state index in [0.717, 1.165) is 11.1 Å². The van der Waals surface area contributed by atoms with Crippen LogP contribution in [0.4, 0.5) is 105 Å². The predicted molar refractivity (Wildman–Crippen MR) is 235 cm³/mol. The third-order valence-electron chi connectivity index (χ3n) is 11.3. The maximum absolute atomic E-state index is 14.2. The maximum Gasteiger partial charge on any atom is 2.00 e. The zero-order valence-corrected chi connectivity index (χ0v) is 41.5. The minimum absolute atomic E-state index is 0. The molecule has 0 spiro atoms. The Morgan fingerprint density at radius 1 is 0.325 bits per heavy atom. The second kappa shape index (κ2) is 22.5. The van der Waals surface area contributed by atoms with E-state index in [-0.39, 0.29) is 27.3 Å². The average molecular weight is 1180 g/mol. The second-order valence-electron chi connectivity index (χ2n) is 19.2. The number of aromatic hydroxyl groups is 1. The van der Waals surface area contributed by atoms with Gasteiger partial charge in [-0.25, -0.2) is 0 Å². The molecule has 0 aliphatic heterocycles. The van der Waals surface area contributed by atoms with E-state index in [0.29, 0.717) is 5.75 Å². The molecule has 427 valence electrons. The van der Waals surface area contributed by atoms with Crippen LogP contribution in [0.5, 0.6) is 5.75 Å². The number of rotatable bonds is 4. The van der Waals surface area contributed by atoms with Crippen molar-refractivity contribution < 1.29 is 127 Å². The Bertz CT molecular complexity index is 2370. The summed E-state index contributed by atoms with van der Waals surface area (Å²) >= 11 is 0. The Morgan fingerprint density at radius 2 is 0.468 bits per heavy atom. The molecule has 3 radical (unpaired) electrons. The van der Waals surface area contributed by atoms with Crippen molar-refractivity contribution >= 4 is 28.0 Å². The van der Waals surface area contributed by atoms with Crippen molar-refractivity contribution in [2.45, 2.75) is 109 Å². The summed E-state index contributed by atoms with van der Waals surface area (Å²) in [6.07, 6.45) is -53.3. The van der Waals surface area contributed by atoms with Crippen LogP contribution in [-0.4, -0.2) is 11.3 Å². The summed E-state index contributed by atoms with van der Waals surface area (Å²) < 4.78 is 341. The Labute approximate surface area is 434 Å². The van der Waals surface area contributed by atoms with Crippen LogP contribution < -0.4 is 21.9 Å². The van der Waals surface area contributed by atoms with E-state index >= 15 is 0 Å². The Hall–Kier alpha value is -5.22. The average Bonchev–Trinajstić information content (AvgIpc) is 3.21. The smallest absolute Gasteiger partial charge is 0.507 e. The third-order valence-corrected chi connectivity index (χ3v) is 11.3. The van der Waals surface area contributed by atoms with Gasteiger partial charge in [0, 0.05) is 0 Å². The normalized spacial score (nSPS) is 13.5. The molecule has 1 nitrogen and oxygen atoms in total. The van der Waals surface area contributed by atoms with Crippen molar-refractivity contribution in [1.29, 1.82) is 0 Å². The van der Waals surface area contributed by atoms with E-state index in [4.69, 9.17) is 0 Å². The molecule has 1 N–H and O–H groups in total. The van der Waals surface area contributed by atoms with Crippen LogP contribution >= 0.6 is 0 Å². The summed E-state index contributed by atoms with van der Waals surface area (Å²) in [4.78, 5) is 0. The Morgan fingerprint density at radius 3 is 0.584 bits per heavy atom. The first kappa shape index (κ1) is 67.9. The molecule has 0 aliphatic carbocycles. The summed E-state index contributed by atoms with van der Waals surface area (Å²) in [6, 6.07) is -4.63. The predicted octanol–water partition coefficient (Wildman–Crippen LogP) is 16.4. The molecule has 5 aromatic rings. The molecule has 0 unspecified atom stereocenters. The molecule has 0 fully saturated rings. The van der Waals surface area contributed by atoms with Gasteiger partial charge < -0.3 is 5.11 Å². The SMILES string of the molecule is Cc1cc(C(C)(C)C)c(O)c(C(C)(C)C)c1.FC(F)(F)c1cc([B-](c2cc(C(F)(F)F)cc(C(F)(F)F)c2)(c2cc(C(F)(F)F)cc(C(F)(F)F)c2)c2cc(C(F)(F)F)cc(C(F)(F)F)c2)cc(C(F)(F)F)c1.[CH2][CH][CH2].[Ni+2]. The van der Waals surface area contributed by atoms with Crippen molar-refractivity contribution in [3.05, 3.63) is 166 Å². The maximum atomic E-state index is 14.2. The van der Waals surface area contributed by atoms with E-state index in [1.165, 1.54) is 12.0 Å². The topological polar surface area (TPSA) is 20.2 Å². The molecule has 0 aromatic heterocycles.